The summed E-state index contributed by atoms with van der Waals surface area (Å²) in [6, 6.07) is 32.0. The molecule has 0 saturated carbocycles. The highest BCUT2D eigenvalue weighted by Gasteiger charge is 2.22. The summed E-state index contributed by atoms with van der Waals surface area (Å²) in [6.07, 6.45) is 0. The van der Waals surface area contributed by atoms with Gasteiger partial charge in [-0.25, -0.2) is 8.42 Å². The molecule has 6 aromatic rings. The standard InChI is InChI=1S/C30H21NO4S/c32-27-17-16-20-9-2-4-12-22(20)29(27)25-18-26(23-13-5-6-14-24(23)30(25)33)31-36(34,35)28-15-7-10-19-8-1-3-11-21(19)28/h1-18,31-33H. The maximum Gasteiger partial charge on any atom is 0.262 e. The third kappa shape index (κ3) is 3.51. The van der Waals surface area contributed by atoms with Crippen LogP contribution in [0.5, 0.6) is 11.5 Å². The fourth-order valence-electron chi connectivity index (χ4n) is 4.81. The first-order valence-electron chi connectivity index (χ1n) is 11.4. The zero-order chi connectivity index (χ0) is 24.9. The number of phenols is 2. The molecule has 0 aliphatic rings. The summed E-state index contributed by atoms with van der Waals surface area (Å²) in [5, 5.41) is 26.2. The minimum absolute atomic E-state index is 0.0119. The van der Waals surface area contributed by atoms with Gasteiger partial charge >= 0.3 is 0 Å². The Morgan fingerprint density at radius 3 is 1.92 bits per heavy atom. The second-order valence-corrected chi connectivity index (χ2v) is 10.3. The van der Waals surface area contributed by atoms with Crippen LogP contribution in [-0.2, 0) is 10.0 Å². The number of nitrogens with one attached hydrogen (secondary N) is 1. The summed E-state index contributed by atoms with van der Waals surface area (Å²) in [7, 11) is -3.99. The Morgan fingerprint density at radius 2 is 1.17 bits per heavy atom. The predicted octanol–water partition coefficient (Wildman–Crippen LogP) is 7.03. The molecule has 176 valence electrons. The monoisotopic (exact) mass is 491 g/mol. The van der Waals surface area contributed by atoms with E-state index in [-0.39, 0.29) is 16.4 Å². The quantitative estimate of drug-likeness (QED) is 0.231. The zero-order valence-corrected chi connectivity index (χ0v) is 19.8. The van der Waals surface area contributed by atoms with E-state index in [1.165, 1.54) is 0 Å². The summed E-state index contributed by atoms with van der Waals surface area (Å²) in [5.41, 5.74) is 1.07. The highest BCUT2D eigenvalue weighted by molar-refractivity contribution is 7.93. The summed E-state index contributed by atoms with van der Waals surface area (Å²) in [5.74, 6) is -0.0486. The summed E-state index contributed by atoms with van der Waals surface area (Å²) in [4.78, 5) is 0.160. The molecular weight excluding hydrogens is 470 g/mol. The lowest BCUT2D eigenvalue weighted by Crippen LogP contribution is -2.14. The molecular formula is C30H21NO4S. The SMILES string of the molecule is O=S(=O)(Nc1cc(-c2c(O)ccc3ccccc23)c(O)c2ccccc12)c1cccc2ccccc12. The van der Waals surface area contributed by atoms with Gasteiger partial charge in [-0.1, -0.05) is 91.0 Å². The minimum Gasteiger partial charge on any atom is -0.507 e. The number of phenolic OH excluding ortho intramolecular Hbond substituents is 2. The summed E-state index contributed by atoms with van der Waals surface area (Å²) in [6.45, 7) is 0. The molecule has 0 spiro atoms. The maximum atomic E-state index is 13.6. The highest BCUT2D eigenvalue weighted by atomic mass is 32.2. The number of sulfonamides is 1. The molecule has 0 aromatic heterocycles. The Balaban J connectivity index is 1.60. The van der Waals surface area contributed by atoms with Crippen molar-refractivity contribution in [2.24, 2.45) is 0 Å². The number of aromatic hydroxyl groups is 2. The smallest absolute Gasteiger partial charge is 0.262 e. The molecule has 6 heteroatoms. The van der Waals surface area contributed by atoms with Gasteiger partial charge in [-0.15, -0.1) is 0 Å². The van der Waals surface area contributed by atoms with Gasteiger partial charge in [-0.2, -0.15) is 0 Å². The first-order chi connectivity index (χ1) is 17.4. The van der Waals surface area contributed by atoms with E-state index in [0.717, 1.165) is 16.2 Å². The largest absolute Gasteiger partial charge is 0.507 e. The Bertz CT molecular complexity index is 1910. The highest BCUT2D eigenvalue weighted by Crippen LogP contribution is 2.46. The van der Waals surface area contributed by atoms with Crippen molar-refractivity contribution >= 4 is 48.0 Å². The number of rotatable bonds is 4. The van der Waals surface area contributed by atoms with Crippen molar-refractivity contribution in [2.75, 3.05) is 4.72 Å². The first-order valence-corrected chi connectivity index (χ1v) is 12.9. The van der Waals surface area contributed by atoms with Gasteiger partial charge in [0.1, 0.15) is 11.5 Å². The zero-order valence-electron chi connectivity index (χ0n) is 19.0. The molecule has 0 fully saturated rings. The molecule has 0 saturated heterocycles. The van der Waals surface area contributed by atoms with Gasteiger partial charge in [0, 0.05) is 27.3 Å². The average Bonchev–Trinajstić information content (AvgIpc) is 2.90. The Hall–Kier alpha value is -4.55. The van der Waals surface area contributed by atoms with Gasteiger partial charge in [0.2, 0.25) is 0 Å². The van der Waals surface area contributed by atoms with E-state index in [4.69, 9.17) is 0 Å². The molecule has 6 aromatic carbocycles. The van der Waals surface area contributed by atoms with Crippen molar-refractivity contribution in [3.63, 3.8) is 0 Å². The lowest BCUT2D eigenvalue weighted by molar-refractivity contribution is 0.472. The molecule has 0 unspecified atom stereocenters. The molecule has 0 heterocycles. The van der Waals surface area contributed by atoms with Crippen LogP contribution in [0.3, 0.4) is 0 Å². The third-order valence-corrected chi connectivity index (χ3v) is 7.90. The van der Waals surface area contributed by atoms with Crippen LogP contribution in [0.4, 0.5) is 5.69 Å². The van der Waals surface area contributed by atoms with Gasteiger partial charge in [-0.05, 0) is 34.4 Å². The second kappa shape index (κ2) is 8.29. The van der Waals surface area contributed by atoms with E-state index >= 15 is 0 Å². The minimum atomic E-state index is -3.99. The van der Waals surface area contributed by atoms with E-state index in [9.17, 15) is 18.6 Å². The normalized spacial score (nSPS) is 11.8. The number of hydrogen-bond donors (Lipinski definition) is 3. The van der Waals surface area contributed by atoms with E-state index < -0.39 is 10.0 Å². The van der Waals surface area contributed by atoms with Crippen LogP contribution in [-0.4, -0.2) is 18.6 Å². The van der Waals surface area contributed by atoms with Crippen molar-refractivity contribution in [3.05, 3.63) is 109 Å². The molecule has 6 rings (SSSR count). The van der Waals surface area contributed by atoms with Gasteiger partial charge < -0.3 is 10.2 Å². The second-order valence-electron chi connectivity index (χ2n) is 8.63. The summed E-state index contributed by atoms with van der Waals surface area (Å²) >= 11 is 0. The molecule has 3 N–H and O–H groups in total. The number of fused-ring (bicyclic) bond motifs is 3. The fraction of sp³-hybridized carbons (Fsp3) is 0. The van der Waals surface area contributed by atoms with Gasteiger partial charge in [0.25, 0.3) is 10.0 Å². The van der Waals surface area contributed by atoms with Crippen LogP contribution in [0.2, 0.25) is 0 Å². The van der Waals surface area contributed by atoms with Crippen molar-refractivity contribution in [1.82, 2.24) is 0 Å². The van der Waals surface area contributed by atoms with Crippen LogP contribution in [0.25, 0.3) is 43.4 Å². The number of anilines is 1. The summed E-state index contributed by atoms with van der Waals surface area (Å²) < 4.78 is 30.1. The van der Waals surface area contributed by atoms with E-state index in [0.29, 0.717) is 33.0 Å². The van der Waals surface area contributed by atoms with Gasteiger partial charge in [0.15, 0.2) is 0 Å². The Kier molecular flexibility index (Phi) is 5.05. The molecule has 0 bridgehead atoms. The number of hydrogen-bond acceptors (Lipinski definition) is 4. The molecule has 36 heavy (non-hydrogen) atoms. The van der Waals surface area contributed by atoms with Gasteiger partial charge in [-0.3, -0.25) is 4.72 Å². The molecule has 0 radical (unpaired) electrons. The van der Waals surface area contributed by atoms with Crippen molar-refractivity contribution in [1.29, 1.82) is 0 Å². The fourth-order valence-corrected chi connectivity index (χ4v) is 6.11. The first kappa shape index (κ1) is 21.9. The van der Waals surface area contributed by atoms with Crippen molar-refractivity contribution in [3.8, 4) is 22.6 Å². The molecule has 0 amide bonds. The van der Waals surface area contributed by atoms with Crippen LogP contribution in [0.15, 0.2) is 114 Å². The molecule has 5 nitrogen and oxygen atoms in total. The van der Waals surface area contributed by atoms with Crippen molar-refractivity contribution in [2.45, 2.75) is 4.90 Å². The van der Waals surface area contributed by atoms with E-state index in [2.05, 4.69) is 4.72 Å². The van der Waals surface area contributed by atoms with Crippen LogP contribution in [0, 0.1) is 0 Å². The average molecular weight is 492 g/mol. The van der Waals surface area contributed by atoms with Crippen LogP contribution < -0.4 is 4.72 Å². The molecule has 0 atom stereocenters. The maximum absolute atomic E-state index is 13.6. The number of benzene rings is 6. The third-order valence-electron chi connectivity index (χ3n) is 6.48. The van der Waals surface area contributed by atoms with Crippen LogP contribution in [0.1, 0.15) is 0 Å². The predicted molar refractivity (Wildman–Crippen MR) is 145 cm³/mol. The van der Waals surface area contributed by atoms with Gasteiger partial charge in [0.05, 0.1) is 10.6 Å². The lowest BCUT2D eigenvalue weighted by atomic mass is 9.93. The Labute approximate surface area is 207 Å². The van der Waals surface area contributed by atoms with Crippen molar-refractivity contribution < 1.29 is 18.6 Å². The molecule has 0 aliphatic heterocycles. The Morgan fingerprint density at radius 1 is 0.583 bits per heavy atom. The topological polar surface area (TPSA) is 86.6 Å². The van der Waals surface area contributed by atoms with E-state index in [1.807, 2.05) is 42.5 Å². The lowest BCUT2D eigenvalue weighted by Gasteiger charge is -2.17. The van der Waals surface area contributed by atoms with Crippen LogP contribution >= 0.6 is 0 Å². The molecule has 0 aliphatic carbocycles. The van der Waals surface area contributed by atoms with E-state index in [1.54, 1.807) is 66.7 Å².